The lowest BCUT2D eigenvalue weighted by atomic mass is 10.1. The summed E-state index contributed by atoms with van der Waals surface area (Å²) in [5.74, 6) is 1.37. The molecule has 2 aromatic rings. The van der Waals surface area contributed by atoms with E-state index in [0.29, 0.717) is 35.0 Å². The van der Waals surface area contributed by atoms with Crippen molar-refractivity contribution in [3.05, 3.63) is 64.6 Å². The fourth-order valence-corrected chi connectivity index (χ4v) is 2.86. The molecule has 0 unspecified atom stereocenters. The lowest BCUT2D eigenvalue weighted by molar-refractivity contribution is -0.384. The van der Waals surface area contributed by atoms with Gasteiger partial charge in [-0.25, -0.2) is 0 Å². The molecule has 0 saturated carbocycles. The number of para-hydroxylation sites is 1. The van der Waals surface area contributed by atoms with Crippen LogP contribution in [-0.2, 0) is 0 Å². The molecule has 24 heavy (non-hydrogen) atoms. The first-order valence-electron chi connectivity index (χ1n) is 7.01. The van der Waals surface area contributed by atoms with Gasteiger partial charge in [0.05, 0.1) is 22.0 Å². The summed E-state index contributed by atoms with van der Waals surface area (Å²) >= 11 is 1.35. The minimum atomic E-state index is -0.440. The molecule has 0 fully saturated rings. The summed E-state index contributed by atoms with van der Waals surface area (Å²) in [5.41, 5.74) is 1.05. The van der Waals surface area contributed by atoms with E-state index in [1.165, 1.54) is 17.8 Å². The van der Waals surface area contributed by atoms with Crippen LogP contribution in [0.5, 0.6) is 0 Å². The van der Waals surface area contributed by atoms with Crippen LogP contribution in [0.4, 0.5) is 5.69 Å². The third-order valence-corrected chi connectivity index (χ3v) is 4.30. The number of nitrogens with zero attached hydrogens (tertiary/aromatic N) is 3. The summed E-state index contributed by atoms with van der Waals surface area (Å²) in [6.07, 6.45) is 0.488. The van der Waals surface area contributed by atoms with E-state index >= 15 is 0 Å². The molecule has 1 N–H and O–H groups in total. The van der Waals surface area contributed by atoms with Gasteiger partial charge in [-0.05, 0) is 18.2 Å². The second kappa shape index (κ2) is 6.71. The third kappa shape index (κ3) is 3.38. The van der Waals surface area contributed by atoms with Crippen molar-refractivity contribution in [2.75, 3.05) is 5.75 Å². The molecule has 0 saturated heterocycles. The fraction of sp³-hybridized carbons (Fsp3) is 0.125. The lowest BCUT2D eigenvalue weighted by Crippen LogP contribution is -2.01. The van der Waals surface area contributed by atoms with E-state index < -0.39 is 4.92 Å². The van der Waals surface area contributed by atoms with Crippen molar-refractivity contribution in [3.8, 4) is 11.3 Å². The van der Waals surface area contributed by atoms with Gasteiger partial charge >= 0.3 is 0 Å². The predicted molar refractivity (Wildman–Crippen MR) is 93.6 cm³/mol. The molecule has 0 spiro atoms. The normalized spacial score (nSPS) is 13.5. The van der Waals surface area contributed by atoms with Gasteiger partial charge in [0.15, 0.2) is 5.76 Å². The van der Waals surface area contributed by atoms with Crippen molar-refractivity contribution in [2.45, 2.75) is 6.42 Å². The van der Waals surface area contributed by atoms with Crippen LogP contribution in [0.25, 0.3) is 11.3 Å². The molecule has 1 aromatic heterocycles. The zero-order chi connectivity index (χ0) is 17.1. The van der Waals surface area contributed by atoms with Gasteiger partial charge in [0, 0.05) is 12.5 Å². The fourth-order valence-electron chi connectivity index (χ4n) is 2.19. The quantitative estimate of drug-likeness (QED) is 0.499. The first-order chi connectivity index (χ1) is 11.5. The topological polar surface area (TPSA) is 101 Å². The van der Waals surface area contributed by atoms with Crippen molar-refractivity contribution in [1.29, 1.82) is 0 Å². The molecule has 1 aliphatic heterocycles. The van der Waals surface area contributed by atoms with Crippen LogP contribution < -0.4 is 0 Å². The number of furan rings is 1. The van der Waals surface area contributed by atoms with Crippen LogP contribution in [0.15, 0.2) is 63.4 Å². The van der Waals surface area contributed by atoms with E-state index in [1.807, 2.05) is 0 Å². The molecule has 0 aliphatic carbocycles. The minimum absolute atomic E-state index is 0.0132. The van der Waals surface area contributed by atoms with E-state index in [9.17, 15) is 10.1 Å². The maximum Gasteiger partial charge on any atom is 0.280 e. The van der Waals surface area contributed by atoms with E-state index in [4.69, 9.17) is 9.52 Å². The zero-order valence-electron chi connectivity index (χ0n) is 12.5. The highest BCUT2D eigenvalue weighted by Gasteiger charge is 2.21. The zero-order valence-corrected chi connectivity index (χ0v) is 13.3. The van der Waals surface area contributed by atoms with Crippen LogP contribution in [0.3, 0.4) is 0 Å². The summed E-state index contributed by atoms with van der Waals surface area (Å²) in [7, 11) is 0. The third-order valence-electron chi connectivity index (χ3n) is 3.26. The van der Waals surface area contributed by atoms with E-state index in [-0.39, 0.29) is 11.4 Å². The van der Waals surface area contributed by atoms with Gasteiger partial charge in [-0.2, -0.15) is 5.10 Å². The van der Waals surface area contributed by atoms with Crippen molar-refractivity contribution in [2.24, 2.45) is 10.2 Å². The first-order valence-corrected chi connectivity index (χ1v) is 8.00. The molecule has 2 heterocycles. The minimum Gasteiger partial charge on any atom is -0.512 e. The number of aliphatic hydroxyl groups is 1. The van der Waals surface area contributed by atoms with Crippen LogP contribution in [0.2, 0.25) is 0 Å². The molecular weight excluding hydrogens is 330 g/mol. The average molecular weight is 343 g/mol. The summed E-state index contributed by atoms with van der Waals surface area (Å²) in [6.45, 7) is 3.42. The Hall–Kier alpha value is -2.87. The average Bonchev–Trinajstić information content (AvgIpc) is 3.22. The monoisotopic (exact) mass is 343 g/mol. The van der Waals surface area contributed by atoms with Crippen LogP contribution in [-0.4, -0.2) is 26.5 Å². The Labute approximate surface area is 141 Å². The second-order valence-electron chi connectivity index (χ2n) is 5.01. The summed E-state index contributed by atoms with van der Waals surface area (Å²) in [5, 5.41) is 29.1. The maximum absolute atomic E-state index is 11.1. The largest absolute Gasteiger partial charge is 0.512 e. The molecule has 3 rings (SSSR count). The Morgan fingerprint density at radius 2 is 2.04 bits per heavy atom. The van der Waals surface area contributed by atoms with Gasteiger partial charge in [-0.15, -0.1) is 16.9 Å². The Morgan fingerprint density at radius 1 is 1.29 bits per heavy atom. The van der Waals surface area contributed by atoms with Gasteiger partial charge < -0.3 is 9.52 Å². The molecule has 1 aromatic carbocycles. The molecule has 0 amide bonds. The number of aliphatic hydroxyl groups excluding tert-OH is 1. The standard InChI is InChI=1S/C16H13N3O4S/c1-10(20)9-24-16-8-12(17-18-16)15-7-6-14(23-15)11-4-2-3-5-13(11)19(21)22/h2-7,20H,1,8-9H2. The molecule has 0 bridgehead atoms. The molecule has 8 heteroatoms. The molecule has 122 valence electrons. The van der Waals surface area contributed by atoms with Gasteiger partial charge in [-0.1, -0.05) is 18.7 Å². The number of hydrogen-bond donors (Lipinski definition) is 1. The Balaban J connectivity index is 1.76. The highest BCUT2D eigenvalue weighted by atomic mass is 32.2. The Bertz CT molecular complexity index is 870. The highest BCUT2D eigenvalue weighted by Crippen LogP contribution is 2.32. The van der Waals surface area contributed by atoms with Crippen molar-refractivity contribution < 1.29 is 14.4 Å². The number of hydrogen-bond acceptors (Lipinski definition) is 7. The number of thioether (sulfide) groups is 1. The first kappa shape index (κ1) is 16.0. The van der Waals surface area contributed by atoms with Crippen molar-refractivity contribution in [1.82, 2.24) is 0 Å². The number of rotatable bonds is 5. The maximum atomic E-state index is 11.1. The van der Waals surface area contributed by atoms with E-state index in [1.54, 1.807) is 30.3 Å². The molecule has 7 nitrogen and oxygen atoms in total. The number of benzene rings is 1. The van der Waals surface area contributed by atoms with Crippen LogP contribution in [0.1, 0.15) is 12.2 Å². The number of nitro groups is 1. The SMILES string of the molecule is C=C(O)CSC1=NN=C(c2ccc(-c3ccccc3[N+](=O)[O-])o2)C1. The van der Waals surface area contributed by atoms with E-state index in [0.717, 1.165) is 5.04 Å². The van der Waals surface area contributed by atoms with Gasteiger partial charge in [0.1, 0.15) is 16.5 Å². The lowest BCUT2D eigenvalue weighted by Gasteiger charge is -2.00. The summed E-state index contributed by atoms with van der Waals surface area (Å²) in [6, 6.07) is 9.81. The molecule has 1 aliphatic rings. The summed E-state index contributed by atoms with van der Waals surface area (Å²) in [4.78, 5) is 10.7. The molecule has 0 radical (unpaired) electrons. The van der Waals surface area contributed by atoms with Gasteiger partial charge in [0.25, 0.3) is 5.69 Å². The smallest absolute Gasteiger partial charge is 0.280 e. The Morgan fingerprint density at radius 3 is 2.79 bits per heavy atom. The molecular formula is C16H13N3O4S. The second-order valence-corrected chi connectivity index (χ2v) is 6.06. The van der Waals surface area contributed by atoms with Crippen LogP contribution in [0, 0.1) is 10.1 Å². The van der Waals surface area contributed by atoms with Crippen molar-refractivity contribution in [3.63, 3.8) is 0 Å². The van der Waals surface area contributed by atoms with Crippen molar-refractivity contribution >= 4 is 28.2 Å². The molecule has 0 atom stereocenters. The Kier molecular flexibility index (Phi) is 4.48. The van der Waals surface area contributed by atoms with E-state index in [2.05, 4.69) is 16.8 Å². The van der Waals surface area contributed by atoms with Gasteiger partial charge in [0.2, 0.25) is 0 Å². The van der Waals surface area contributed by atoms with Gasteiger partial charge in [-0.3, -0.25) is 10.1 Å². The summed E-state index contributed by atoms with van der Waals surface area (Å²) < 4.78 is 5.73. The predicted octanol–water partition coefficient (Wildman–Crippen LogP) is 4.17. The highest BCUT2D eigenvalue weighted by molar-refractivity contribution is 8.14. The van der Waals surface area contributed by atoms with Crippen LogP contribution >= 0.6 is 11.8 Å². The number of nitro benzene ring substituents is 1.